The maximum Gasteiger partial charge on any atom is 0.329 e. The van der Waals surface area contributed by atoms with Crippen molar-refractivity contribution < 1.29 is 18.8 Å². The van der Waals surface area contributed by atoms with Crippen LogP contribution in [0, 0.1) is 5.82 Å². The summed E-state index contributed by atoms with van der Waals surface area (Å²) in [5.74, 6) is -1.30. The molecule has 1 aliphatic rings. The van der Waals surface area contributed by atoms with Gasteiger partial charge in [-0.15, -0.1) is 0 Å². The van der Waals surface area contributed by atoms with Gasteiger partial charge in [0.1, 0.15) is 11.9 Å². The van der Waals surface area contributed by atoms with E-state index < -0.39 is 23.8 Å². The molecule has 1 fully saturated rings. The van der Waals surface area contributed by atoms with Crippen molar-refractivity contribution in [2.45, 2.75) is 12.5 Å². The van der Waals surface area contributed by atoms with E-state index in [1.807, 2.05) is 0 Å². The summed E-state index contributed by atoms with van der Waals surface area (Å²) in [5, 5.41) is 2.22. The lowest BCUT2D eigenvalue weighted by molar-refractivity contribution is -0.119. The number of carbonyl (C=O) groups excluding carboxylic acids is 3. The van der Waals surface area contributed by atoms with Crippen molar-refractivity contribution in [1.29, 1.82) is 0 Å². The number of hydrogen-bond donors (Lipinski definition) is 1. The number of nitrogens with one attached hydrogen (secondary N) is 1. The van der Waals surface area contributed by atoms with E-state index in [4.69, 9.17) is 0 Å². The zero-order valence-electron chi connectivity index (χ0n) is 12.0. The van der Waals surface area contributed by atoms with Crippen LogP contribution >= 0.6 is 0 Å². The molecule has 5 nitrogen and oxygen atoms in total. The average molecular weight is 312 g/mol. The Morgan fingerprint density at radius 1 is 1.04 bits per heavy atom. The molecular formula is C17H13FN2O3. The molecule has 0 aromatic heterocycles. The predicted molar refractivity (Wildman–Crippen MR) is 81.6 cm³/mol. The van der Waals surface area contributed by atoms with E-state index in [1.165, 1.54) is 29.2 Å². The van der Waals surface area contributed by atoms with Gasteiger partial charge >= 0.3 is 6.03 Å². The second-order valence-electron chi connectivity index (χ2n) is 5.15. The van der Waals surface area contributed by atoms with Crippen molar-refractivity contribution in [1.82, 2.24) is 5.32 Å². The predicted octanol–water partition coefficient (Wildman–Crippen LogP) is 2.52. The number of hydrogen-bond acceptors (Lipinski definition) is 3. The lowest BCUT2D eigenvalue weighted by atomic mass is 10.0. The zero-order valence-corrected chi connectivity index (χ0v) is 12.0. The van der Waals surface area contributed by atoms with Gasteiger partial charge in [0.15, 0.2) is 5.78 Å². The summed E-state index contributed by atoms with van der Waals surface area (Å²) in [6.07, 6.45) is -0.169. The molecule has 1 heterocycles. The highest BCUT2D eigenvalue weighted by Crippen LogP contribution is 2.23. The number of halogens is 1. The van der Waals surface area contributed by atoms with E-state index in [9.17, 15) is 18.8 Å². The topological polar surface area (TPSA) is 66.5 Å². The van der Waals surface area contributed by atoms with Crippen molar-refractivity contribution in [3.8, 4) is 0 Å². The number of para-hydroxylation sites is 1. The fourth-order valence-electron chi connectivity index (χ4n) is 2.51. The second-order valence-corrected chi connectivity index (χ2v) is 5.15. The molecule has 1 atom stereocenters. The quantitative estimate of drug-likeness (QED) is 0.697. The van der Waals surface area contributed by atoms with Crippen LogP contribution in [0.25, 0.3) is 0 Å². The molecule has 6 heteroatoms. The van der Waals surface area contributed by atoms with Gasteiger partial charge < -0.3 is 0 Å². The molecule has 1 N–H and O–H groups in total. The number of anilines is 1. The lowest BCUT2D eigenvalue weighted by Crippen LogP contribution is -2.36. The number of Topliss-reactive ketones (excluding diaryl/α,β-unsaturated/α-hetero) is 1. The van der Waals surface area contributed by atoms with Crippen LogP contribution in [0.5, 0.6) is 0 Å². The SMILES string of the molecule is O=C(CC1C(=O)NC(=O)N1c1ccccc1)c1ccc(F)cc1. The molecule has 116 valence electrons. The number of ketones is 1. The van der Waals surface area contributed by atoms with Gasteiger partial charge in [-0.2, -0.15) is 0 Å². The van der Waals surface area contributed by atoms with Crippen molar-refractivity contribution in [3.63, 3.8) is 0 Å². The molecule has 2 aromatic rings. The van der Waals surface area contributed by atoms with Gasteiger partial charge in [-0.3, -0.25) is 19.8 Å². The molecule has 0 aliphatic carbocycles. The van der Waals surface area contributed by atoms with Crippen LogP contribution in [-0.4, -0.2) is 23.8 Å². The minimum atomic E-state index is -0.914. The smallest absolute Gasteiger partial charge is 0.294 e. The largest absolute Gasteiger partial charge is 0.329 e. The number of nitrogens with zero attached hydrogens (tertiary/aromatic N) is 1. The molecule has 3 amide bonds. The van der Waals surface area contributed by atoms with Gasteiger partial charge in [0.25, 0.3) is 5.91 Å². The fraction of sp³-hybridized carbons (Fsp3) is 0.118. The number of benzene rings is 2. The van der Waals surface area contributed by atoms with Gasteiger partial charge in [0, 0.05) is 17.7 Å². The van der Waals surface area contributed by atoms with Crippen LogP contribution in [0.1, 0.15) is 16.8 Å². The number of rotatable bonds is 4. The maximum atomic E-state index is 12.9. The maximum absolute atomic E-state index is 12.9. The number of amides is 3. The molecule has 0 bridgehead atoms. The Balaban J connectivity index is 1.84. The summed E-state index contributed by atoms with van der Waals surface area (Å²) in [5.41, 5.74) is 0.833. The van der Waals surface area contributed by atoms with E-state index in [2.05, 4.69) is 5.32 Å². The van der Waals surface area contributed by atoms with Crippen LogP contribution < -0.4 is 10.2 Å². The Morgan fingerprint density at radius 2 is 1.70 bits per heavy atom. The van der Waals surface area contributed by atoms with E-state index in [0.717, 1.165) is 0 Å². The Labute approximate surface area is 131 Å². The van der Waals surface area contributed by atoms with Crippen molar-refractivity contribution >= 4 is 23.4 Å². The van der Waals surface area contributed by atoms with E-state index in [0.29, 0.717) is 11.3 Å². The molecule has 0 saturated carbocycles. The van der Waals surface area contributed by atoms with E-state index >= 15 is 0 Å². The minimum absolute atomic E-state index is 0.169. The molecule has 0 radical (unpaired) electrons. The summed E-state index contributed by atoms with van der Waals surface area (Å²) in [7, 11) is 0. The fourth-order valence-corrected chi connectivity index (χ4v) is 2.51. The Bertz CT molecular complexity index is 759. The molecule has 0 spiro atoms. The van der Waals surface area contributed by atoms with Crippen LogP contribution in [0.4, 0.5) is 14.9 Å². The first kappa shape index (κ1) is 14.9. The Hall–Kier alpha value is -3.02. The molecule has 3 rings (SSSR count). The monoisotopic (exact) mass is 312 g/mol. The van der Waals surface area contributed by atoms with Crippen LogP contribution in [0.15, 0.2) is 54.6 Å². The van der Waals surface area contributed by atoms with Crippen LogP contribution in [0.2, 0.25) is 0 Å². The highest BCUT2D eigenvalue weighted by Gasteiger charge is 2.40. The van der Waals surface area contributed by atoms with Crippen molar-refractivity contribution in [2.24, 2.45) is 0 Å². The zero-order chi connectivity index (χ0) is 16.4. The lowest BCUT2D eigenvalue weighted by Gasteiger charge is -2.21. The van der Waals surface area contributed by atoms with Crippen LogP contribution in [0.3, 0.4) is 0 Å². The van der Waals surface area contributed by atoms with Crippen molar-refractivity contribution in [2.75, 3.05) is 4.90 Å². The number of carbonyl (C=O) groups is 3. The molecule has 1 saturated heterocycles. The Morgan fingerprint density at radius 3 is 2.35 bits per heavy atom. The second kappa shape index (κ2) is 6.00. The summed E-state index contributed by atoms with van der Waals surface area (Å²) in [6.45, 7) is 0. The highest BCUT2D eigenvalue weighted by atomic mass is 19.1. The van der Waals surface area contributed by atoms with E-state index in [-0.39, 0.29) is 12.2 Å². The van der Waals surface area contributed by atoms with Gasteiger partial charge in [-0.25, -0.2) is 9.18 Å². The van der Waals surface area contributed by atoms with Gasteiger partial charge in [0.05, 0.1) is 0 Å². The third-order valence-electron chi connectivity index (χ3n) is 3.64. The van der Waals surface area contributed by atoms with Crippen molar-refractivity contribution in [3.05, 3.63) is 66.0 Å². The first-order valence-electron chi connectivity index (χ1n) is 7.04. The summed E-state index contributed by atoms with van der Waals surface area (Å²) in [6, 6.07) is 12.3. The minimum Gasteiger partial charge on any atom is -0.294 e. The normalized spacial score (nSPS) is 17.3. The third-order valence-corrected chi connectivity index (χ3v) is 3.64. The van der Waals surface area contributed by atoms with Gasteiger partial charge in [-0.1, -0.05) is 18.2 Å². The first-order valence-corrected chi connectivity index (χ1v) is 7.04. The molecule has 23 heavy (non-hydrogen) atoms. The Kier molecular flexibility index (Phi) is 3.89. The molecule has 1 unspecified atom stereocenters. The standard InChI is InChI=1S/C17H13FN2O3/c18-12-8-6-11(7-9-12)15(21)10-14-16(22)19-17(23)20(14)13-4-2-1-3-5-13/h1-9,14H,10H2,(H,19,22,23). The summed E-state index contributed by atoms with van der Waals surface area (Å²) >= 11 is 0. The molecule has 1 aliphatic heterocycles. The highest BCUT2D eigenvalue weighted by molar-refractivity contribution is 6.16. The number of urea groups is 1. The average Bonchev–Trinajstić information content (AvgIpc) is 2.82. The molecule has 2 aromatic carbocycles. The third kappa shape index (κ3) is 2.96. The van der Waals surface area contributed by atoms with E-state index in [1.54, 1.807) is 30.3 Å². The summed E-state index contributed by atoms with van der Waals surface area (Å²) in [4.78, 5) is 37.6. The van der Waals surface area contributed by atoms with Gasteiger partial charge in [-0.05, 0) is 36.4 Å². The van der Waals surface area contributed by atoms with Gasteiger partial charge in [0.2, 0.25) is 0 Å². The summed E-state index contributed by atoms with van der Waals surface area (Å²) < 4.78 is 12.9. The molecular weight excluding hydrogens is 299 g/mol. The first-order chi connectivity index (χ1) is 11.1. The van der Waals surface area contributed by atoms with Crippen LogP contribution in [-0.2, 0) is 4.79 Å². The number of imide groups is 1.